The second-order valence-electron chi connectivity index (χ2n) is 5.93. The first-order chi connectivity index (χ1) is 9.12. The lowest BCUT2D eigenvalue weighted by Gasteiger charge is -2.43. The van der Waals surface area contributed by atoms with Crippen LogP contribution in [0.1, 0.15) is 23.5 Å². The predicted octanol–water partition coefficient (Wildman–Crippen LogP) is 3.35. The summed E-state index contributed by atoms with van der Waals surface area (Å²) in [7, 11) is 0. The zero-order valence-corrected chi connectivity index (χ0v) is 12.3. The molecular formula is C16H15BrO2. The van der Waals surface area contributed by atoms with E-state index >= 15 is 0 Å². The Morgan fingerprint density at radius 2 is 2.21 bits per heavy atom. The van der Waals surface area contributed by atoms with Crippen LogP contribution < -0.4 is 0 Å². The number of carbonyl (C=O) groups is 1. The van der Waals surface area contributed by atoms with Crippen molar-refractivity contribution < 1.29 is 9.53 Å². The number of halogens is 1. The maximum absolute atomic E-state index is 12.6. The number of ketones is 1. The number of rotatable bonds is 1. The lowest BCUT2D eigenvalue weighted by molar-refractivity contribution is -0.132. The van der Waals surface area contributed by atoms with E-state index in [1.807, 2.05) is 0 Å². The second-order valence-corrected chi connectivity index (χ2v) is 6.84. The van der Waals surface area contributed by atoms with Gasteiger partial charge in [-0.1, -0.05) is 51.8 Å². The fourth-order valence-corrected chi connectivity index (χ4v) is 4.55. The number of fused-ring (bicyclic) bond motifs is 1. The van der Waals surface area contributed by atoms with Crippen LogP contribution in [0.15, 0.2) is 34.8 Å². The molecule has 0 radical (unpaired) electrons. The third-order valence-electron chi connectivity index (χ3n) is 4.80. The summed E-state index contributed by atoms with van der Waals surface area (Å²) < 4.78 is 6.71. The number of hydrogen-bond acceptors (Lipinski definition) is 2. The highest BCUT2D eigenvalue weighted by atomic mass is 79.9. The summed E-state index contributed by atoms with van der Waals surface area (Å²) in [6, 6.07) is 8.54. The highest BCUT2D eigenvalue weighted by Gasteiger charge is 2.66. The molecular weight excluding hydrogens is 304 g/mol. The first-order valence-electron chi connectivity index (χ1n) is 6.74. The molecule has 0 aromatic heterocycles. The number of carbonyl (C=O) groups excluding carboxylic acids is 1. The van der Waals surface area contributed by atoms with E-state index in [9.17, 15) is 4.79 Å². The number of hydrogen-bond donors (Lipinski definition) is 0. The predicted molar refractivity (Wildman–Crippen MR) is 76.2 cm³/mol. The fourth-order valence-electron chi connectivity index (χ4n) is 3.71. The second kappa shape index (κ2) is 3.80. The van der Waals surface area contributed by atoms with Crippen molar-refractivity contribution in [3.8, 4) is 0 Å². The average Bonchev–Trinajstić information content (AvgIpc) is 3.17. The number of Topliss-reactive ketones (excluding diaryl/α,β-unsaturated/α-hetero) is 1. The van der Waals surface area contributed by atoms with Gasteiger partial charge in [-0.15, -0.1) is 0 Å². The molecule has 1 spiro atoms. The van der Waals surface area contributed by atoms with Crippen LogP contribution in [0.5, 0.6) is 0 Å². The standard InChI is InChI=1S/C16H15BrO2/c1-9-3-2-4-10(5-9)11-6-13-14(17)7-12(11)15(18)16(13)8-19-16/h2-5,7,11-13H,6,8H2,1H3/t11?,12?,13?,16-/m0/s1. The summed E-state index contributed by atoms with van der Waals surface area (Å²) in [5.74, 6) is 0.797. The van der Waals surface area contributed by atoms with Gasteiger partial charge in [0.05, 0.1) is 6.61 Å². The third kappa shape index (κ3) is 1.55. The van der Waals surface area contributed by atoms with Gasteiger partial charge in [-0.2, -0.15) is 0 Å². The quantitative estimate of drug-likeness (QED) is 0.743. The minimum atomic E-state index is -0.474. The van der Waals surface area contributed by atoms with E-state index in [-0.39, 0.29) is 11.8 Å². The summed E-state index contributed by atoms with van der Waals surface area (Å²) in [5, 5.41) is 0. The van der Waals surface area contributed by atoms with Gasteiger partial charge in [0, 0.05) is 11.8 Å². The van der Waals surface area contributed by atoms with Crippen molar-refractivity contribution >= 4 is 21.7 Å². The molecule has 1 saturated heterocycles. The highest BCUT2D eigenvalue weighted by molar-refractivity contribution is 9.11. The van der Waals surface area contributed by atoms with Gasteiger partial charge in [0.2, 0.25) is 0 Å². The number of epoxide rings is 1. The summed E-state index contributed by atoms with van der Waals surface area (Å²) in [5.41, 5.74) is 2.07. The van der Waals surface area contributed by atoms with Crippen molar-refractivity contribution in [3.05, 3.63) is 46.0 Å². The molecule has 1 heterocycles. The molecule has 3 heteroatoms. The van der Waals surface area contributed by atoms with E-state index in [1.54, 1.807) is 0 Å². The molecule has 1 saturated carbocycles. The normalized spacial score (nSPS) is 39.6. The zero-order valence-electron chi connectivity index (χ0n) is 10.7. The minimum Gasteiger partial charge on any atom is -0.361 e. The summed E-state index contributed by atoms with van der Waals surface area (Å²) in [4.78, 5) is 12.6. The van der Waals surface area contributed by atoms with E-state index in [4.69, 9.17) is 4.74 Å². The topological polar surface area (TPSA) is 29.6 Å². The average molecular weight is 319 g/mol. The smallest absolute Gasteiger partial charge is 0.175 e. The monoisotopic (exact) mass is 318 g/mol. The minimum absolute atomic E-state index is 0.0244. The molecule has 3 aliphatic carbocycles. The molecule has 98 valence electrons. The van der Waals surface area contributed by atoms with Gasteiger partial charge < -0.3 is 4.74 Å². The van der Waals surface area contributed by atoms with Crippen LogP contribution in [-0.2, 0) is 9.53 Å². The number of aryl methyl sites for hydroxylation is 1. The SMILES string of the molecule is Cc1cccc(C2CC3C(Br)=CC2C(=O)[C@]32CO2)c1. The first-order valence-corrected chi connectivity index (χ1v) is 7.53. The van der Waals surface area contributed by atoms with Crippen LogP contribution in [-0.4, -0.2) is 18.0 Å². The van der Waals surface area contributed by atoms with Crippen LogP contribution in [0.25, 0.3) is 0 Å². The van der Waals surface area contributed by atoms with Gasteiger partial charge in [-0.05, 0) is 29.3 Å². The van der Waals surface area contributed by atoms with Crippen LogP contribution in [0.3, 0.4) is 0 Å². The molecule has 2 fully saturated rings. The van der Waals surface area contributed by atoms with Crippen LogP contribution in [0, 0.1) is 18.8 Å². The van der Waals surface area contributed by atoms with Crippen LogP contribution in [0.2, 0.25) is 0 Å². The van der Waals surface area contributed by atoms with Crippen molar-refractivity contribution in [1.29, 1.82) is 0 Å². The molecule has 4 atom stereocenters. The fraction of sp³-hybridized carbons (Fsp3) is 0.438. The van der Waals surface area contributed by atoms with Crippen molar-refractivity contribution in [2.45, 2.75) is 24.9 Å². The molecule has 2 nitrogen and oxygen atoms in total. The van der Waals surface area contributed by atoms with Crippen molar-refractivity contribution in [3.63, 3.8) is 0 Å². The van der Waals surface area contributed by atoms with E-state index in [2.05, 4.69) is 53.2 Å². The summed E-state index contributed by atoms with van der Waals surface area (Å²) >= 11 is 3.63. The van der Waals surface area contributed by atoms with Gasteiger partial charge in [-0.25, -0.2) is 0 Å². The van der Waals surface area contributed by atoms with E-state index in [0.29, 0.717) is 18.3 Å². The van der Waals surface area contributed by atoms with Crippen LogP contribution in [0.4, 0.5) is 0 Å². The zero-order chi connectivity index (χ0) is 13.2. The Morgan fingerprint density at radius 1 is 1.42 bits per heavy atom. The lowest BCUT2D eigenvalue weighted by atomic mass is 9.61. The Balaban J connectivity index is 1.77. The molecule has 1 aromatic carbocycles. The molecule has 19 heavy (non-hydrogen) atoms. The highest BCUT2D eigenvalue weighted by Crippen LogP contribution is 2.58. The molecule has 2 bridgehead atoms. The molecule has 1 aromatic rings. The van der Waals surface area contributed by atoms with E-state index in [1.165, 1.54) is 15.6 Å². The van der Waals surface area contributed by atoms with E-state index < -0.39 is 5.60 Å². The van der Waals surface area contributed by atoms with Gasteiger partial charge >= 0.3 is 0 Å². The summed E-state index contributed by atoms with van der Waals surface area (Å²) in [6.07, 6.45) is 3.12. The number of ether oxygens (including phenoxy) is 1. The van der Waals surface area contributed by atoms with Gasteiger partial charge in [-0.3, -0.25) is 4.79 Å². The molecule has 0 amide bonds. The lowest BCUT2D eigenvalue weighted by Crippen LogP contribution is -2.49. The first kappa shape index (κ1) is 11.9. The molecule has 1 aliphatic heterocycles. The molecule has 3 unspecified atom stereocenters. The number of allylic oxidation sites excluding steroid dienone is 1. The Morgan fingerprint density at radius 3 is 2.89 bits per heavy atom. The van der Waals surface area contributed by atoms with Crippen LogP contribution >= 0.6 is 15.9 Å². The maximum atomic E-state index is 12.6. The largest absolute Gasteiger partial charge is 0.361 e. The van der Waals surface area contributed by atoms with Gasteiger partial charge in [0.15, 0.2) is 11.4 Å². The molecule has 0 N–H and O–H groups in total. The Labute approximate surface area is 121 Å². The van der Waals surface area contributed by atoms with Gasteiger partial charge in [0.1, 0.15) is 0 Å². The van der Waals surface area contributed by atoms with Gasteiger partial charge in [0.25, 0.3) is 0 Å². The van der Waals surface area contributed by atoms with E-state index in [0.717, 1.165) is 6.42 Å². The van der Waals surface area contributed by atoms with Crippen molar-refractivity contribution in [1.82, 2.24) is 0 Å². The number of benzene rings is 1. The Kier molecular flexibility index (Phi) is 2.37. The Hall–Kier alpha value is -0.930. The maximum Gasteiger partial charge on any atom is 0.175 e. The summed E-state index contributed by atoms with van der Waals surface area (Å²) in [6.45, 7) is 2.71. The Bertz CT molecular complexity index is 601. The third-order valence-corrected chi connectivity index (χ3v) is 5.62. The van der Waals surface area contributed by atoms with Crippen molar-refractivity contribution in [2.24, 2.45) is 11.8 Å². The van der Waals surface area contributed by atoms with Crippen molar-refractivity contribution in [2.75, 3.05) is 6.61 Å². The molecule has 5 rings (SSSR count). The molecule has 4 aliphatic rings.